The van der Waals surface area contributed by atoms with Gasteiger partial charge in [-0.2, -0.15) is 12.1 Å². The number of rotatable bonds is 3. The van der Waals surface area contributed by atoms with Crippen LogP contribution in [0.4, 0.5) is 0 Å². The molecule has 0 nitrogen and oxygen atoms in total. The minimum Gasteiger partial charge on any atom is -1.00 e. The van der Waals surface area contributed by atoms with Gasteiger partial charge in [0.05, 0.1) is 0 Å². The molecule has 0 aliphatic heterocycles. The Balaban J connectivity index is -0.000001000. The zero-order chi connectivity index (χ0) is 14.3. The van der Waals surface area contributed by atoms with Crippen molar-refractivity contribution in [2.45, 2.75) is 45.8 Å². The Morgan fingerprint density at radius 3 is 1.96 bits per heavy atom. The fourth-order valence-corrected chi connectivity index (χ4v) is 3.67. The van der Waals surface area contributed by atoms with Gasteiger partial charge in [0, 0.05) is 8.07 Å². The minimum atomic E-state index is -1.20. The molecule has 126 valence electrons. The van der Waals surface area contributed by atoms with Crippen molar-refractivity contribution >= 4 is 13.3 Å². The van der Waals surface area contributed by atoms with Crippen molar-refractivity contribution in [1.82, 2.24) is 0 Å². The molecule has 0 unspecified atom stereocenters. The molecule has 2 aromatic carbocycles. The Bertz CT molecular complexity index is 586. The zero-order valence-electron chi connectivity index (χ0n) is 14.7. The number of hydrogen-bond acceptors (Lipinski definition) is 0. The van der Waals surface area contributed by atoms with Gasteiger partial charge in [0.25, 0.3) is 0 Å². The first kappa shape index (κ1) is 28.2. The van der Waals surface area contributed by atoms with Crippen LogP contribution < -0.4 is 42.4 Å². The molecule has 23 heavy (non-hydrogen) atoms. The predicted octanol–water partition coefficient (Wildman–Crippen LogP) is -4.41. The Morgan fingerprint density at radius 2 is 1.52 bits per heavy atom. The minimum absolute atomic E-state index is 0. The van der Waals surface area contributed by atoms with Crippen molar-refractivity contribution in [3.63, 3.8) is 0 Å². The maximum absolute atomic E-state index is 2.43. The molecule has 2 rings (SSSR count). The van der Waals surface area contributed by atoms with E-state index in [1.807, 2.05) is 0 Å². The van der Waals surface area contributed by atoms with Gasteiger partial charge in [-0.15, -0.1) is 5.56 Å². The summed E-state index contributed by atoms with van der Waals surface area (Å²) in [4.78, 5) is 0. The average Bonchev–Trinajstić information content (AvgIpc) is 2.78. The zero-order valence-corrected chi connectivity index (χ0v) is 19.5. The van der Waals surface area contributed by atoms with E-state index in [9.17, 15) is 0 Å². The second kappa shape index (κ2) is 10.4. The van der Waals surface area contributed by atoms with E-state index < -0.39 is 8.07 Å². The Labute approximate surface area is 176 Å². The molecule has 0 aromatic heterocycles. The molecule has 0 spiro atoms. The largest absolute Gasteiger partial charge is 4.00 e. The summed E-state index contributed by atoms with van der Waals surface area (Å²) in [6, 6.07) is 16.0. The maximum atomic E-state index is 2.43. The first-order valence-electron chi connectivity index (χ1n) is 7.06. The monoisotopic (exact) mass is 422 g/mol. The third kappa shape index (κ3) is 6.65. The number of benzene rings is 1. The van der Waals surface area contributed by atoms with E-state index in [-0.39, 0.29) is 64.4 Å². The van der Waals surface area contributed by atoms with E-state index in [2.05, 4.69) is 82.9 Å². The third-order valence-electron chi connectivity index (χ3n) is 4.08. The van der Waals surface area contributed by atoms with Crippen LogP contribution in [0.1, 0.15) is 30.5 Å². The number of hydrogen-bond donors (Lipinski definition) is 0. The van der Waals surface area contributed by atoms with Gasteiger partial charge in [0.1, 0.15) is 0 Å². The SMILES string of the molecule is Cc1cccc(C(C)(C)[c-]2ccc([Si](C)(C)C)c2)c1.[Cl-].[Cl-].[Cl-].[Ti+4]. The molecule has 0 aliphatic rings. The summed E-state index contributed by atoms with van der Waals surface area (Å²) in [6.07, 6.45) is 0. The Kier molecular flexibility index (Phi) is 12.7. The van der Waals surface area contributed by atoms with Crippen LogP contribution in [0.2, 0.25) is 19.6 Å². The smallest absolute Gasteiger partial charge is 1.00 e. The van der Waals surface area contributed by atoms with Gasteiger partial charge >= 0.3 is 21.7 Å². The van der Waals surface area contributed by atoms with Crippen molar-refractivity contribution in [2.24, 2.45) is 0 Å². The van der Waals surface area contributed by atoms with Gasteiger partial charge in [-0.1, -0.05) is 63.3 Å². The van der Waals surface area contributed by atoms with Crippen LogP contribution in [-0.2, 0) is 27.1 Å². The van der Waals surface area contributed by atoms with Crippen LogP contribution >= 0.6 is 0 Å². The average molecular weight is 424 g/mol. The molecule has 5 heteroatoms. The van der Waals surface area contributed by atoms with E-state index in [0.29, 0.717) is 0 Å². The first-order chi connectivity index (χ1) is 8.71. The van der Waals surface area contributed by atoms with Crippen LogP contribution in [0.5, 0.6) is 0 Å². The van der Waals surface area contributed by atoms with Gasteiger partial charge < -0.3 is 37.2 Å². The Morgan fingerprint density at radius 1 is 0.957 bits per heavy atom. The predicted molar refractivity (Wildman–Crippen MR) is 88.3 cm³/mol. The molecule has 0 aliphatic carbocycles. The molecule has 0 atom stereocenters. The van der Waals surface area contributed by atoms with Gasteiger partial charge in [-0.05, 0) is 17.9 Å². The van der Waals surface area contributed by atoms with Gasteiger partial charge in [-0.3, -0.25) is 0 Å². The summed E-state index contributed by atoms with van der Waals surface area (Å²) in [6.45, 7) is 14.0. The summed E-state index contributed by atoms with van der Waals surface area (Å²) in [5.41, 5.74) is 4.27. The van der Waals surface area contributed by atoms with Crippen LogP contribution in [0.15, 0.2) is 42.5 Å². The summed E-state index contributed by atoms with van der Waals surface area (Å²) < 4.78 is 0. The fraction of sp³-hybridized carbons (Fsp3) is 0.389. The van der Waals surface area contributed by atoms with Crippen LogP contribution in [0.25, 0.3) is 0 Å². The van der Waals surface area contributed by atoms with Gasteiger partial charge in [-0.25, -0.2) is 11.3 Å². The van der Waals surface area contributed by atoms with Crippen molar-refractivity contribution in [2.75, 3.05) is 0 Å². The van der Waals surface area contributed by atoms with E-state index in [0.717, 1.165) is 0 Å². The van der Waals surface area contributed by atoms with E-state index in [4.69, 9.17) is 0 Å². The topological polar surface area (TPSA) is 0 Å². The fourth-order valence-electron chi connectivity index (χ4n) is 2.50. The van der Waals surface area contributed by atoms with Crippen LogP contribution in [0.3, 0.4) is 0 Å². The normalized spacial score (nSPS) is 10.5. The quantitative estimate of drug-likeness (QED) is 0.346. The molecule has 0 saturated heterocycles. The molecule has 0 radical (unpaired) electrons. The Hall–Kier alpha value is 0.371. The molecule has 0 bridgehead atoms. The van der Waals surface area contributed by atoms with E-state index >= 15 is 0 Å². The van der Waals surface area contributed by atoms with Crippen molar-refractivity contribution in [1.29, 1.82) is 0 Å². The number of halogens is 3. The first-order valence-corrected chi connectivity index (χ1v) is 10.6. The maximum Gasteiger partial charge on any atom is 4.00 e. The van der Waals surface area contributed by atoms with Gasteiger partial charge in [0.2, 0.25) is 0 Å². The van der Waals surface area contributed by atoms with Gasteiger partial charge in [0.15, 0.2) is 0 Å². The summed E-state index contributed by atoms with van der Waals surface area (Å²) >= 11 is 0. The summed E-state index contributed by atoms with van der Waals surface area (Å²) in [5, 5.41) is 1.56. The van der Waals surface area contributed by atoms with E-state index in [1.165, 1.54) is 16.7 Å². The summed E-state index contributed by atoms with van der Waals surface area (Å²) in [5.74, 6) is 0. The standard InChI is InChI=1S/C18H25Si.3ClH.Ti/c1-14-8-7-9-15(12-14)18(2,3)16-10-11-17(13-16)19(4,5)6;;;;/h7-13H,1-6H3;3*1H;/q-1;;;;+4/p-3. The molecule has 0 N–H and O–H groups in total. The molecular formula is C18H25Cl3SiTi. The third-order valence-corrected chi connectivity index (χ3v) is 6.12. The molecule has 0 amide bonds. The molecule has 2 aromatic rings. The van der Waals surface area contributed by atoms with Crippen molar-refractivity contribution in [3.8, 4) is 0 Å². The van der Waals surface area contributed by atoms with E-state index in [1.54, 1.807) is 5.19 Å². The number of aryl methyl sites for hydroxylation is 1. The molecular weight excluding hydrogens is 399 g/mol. The molecule has 0 saturated carbocycles. The van der Waals surface area contributed by atoms with Crippen LogP contribution in [0, 0.1) is 6.92 Å². The van der Waals surface area contributed by atoms with Crippen LogP contribution in [-0.4, -0.2) is 8.07 Å². The molecule has 0 fully saturated rings. The van der Waals surface area contributed by atoms with Crippen molar-refractivity contribution in [3.05, 3.63) is 59.2 Å². The second-order valence-electron chi connectivity index (χ2n) is 7.13. The second-order valence-corrected chi connectivity index (χ2v) is 12.2. The molecule has 0 heterocycles. The van der Waals surface area contributed by atoms with Crippen molar-refractivity contribution < 1.29 is 58.9 Å². The summed E-state index contributed by atoms with van der Waals surface area (Å²) in [7, 11) is -1.20.